The minimum atomic E-state index is 0.661. The molecular weight excluding hydrogens is 170 g/mol. The number of H-pyrrole nitrogens is 1. The Kier molecular flexibility index (Phi) is 1.66. The Bertz CT molecular complexity index is 421. The molecule has 1 N–H and O–H groups in total. The SMILES string of the molecule is CC1CC=Cc2c1[nH]c1c2C=CCC1. The maximum absolute atomic E-state index is 3.60. The summed E-state index contributed by atoms with van der Waals surface area (Å²) < 4.78 is 0. The van der Waals surface area contributed by atoms with E-state index in [2.05, 4.69) is 36.2 Å². The molecule has 0 fully saturated rings. The summed E-state index contributed by atoms with van der Waals surface area (Å²) in [6, 6.07) is 0. The molecule has 1 unspecified atom stereocenters. The maximum atomic E-state index is 3.60. The fourth-order valence-electron chi connectivity index (χ4n) is 2.50. The number of rotatable bonds is 0. The van der Waals surface area contributed by atoms with Crippen LogP contribution in [0.4, 0.5) is 0 Å². The Morgan fingerprint density at radius 3 is 3.00 bits per heavy atom. The summed E-state index contributed by atoms with van der Waals surface area (Å²) in [7, 11) is 0. The number of hydrogen-bond acceptors (Lipinski definition) is 0. The Hall–Kier alpha value is -1.24. The second kappa shape index (κ2) is 2.88. The smallest absolute Gasteiger partial charge is 0.0260 e. The summed E-state index contributed by atoms with van der Waals surface area (Å²) in [5.74, 6) is 0.661. The third-order valence-electron chi connectivity index (χ3n) is 3.30. The van der Waals surface area contributed by atoms with E-state index in [4.69, 9.17) is 0 Å². The molecule has 0 aliphatic heterocycles. The lowest BCUT2D eigenvalue weighted by Gasteiger charge is -2.13. The molecule has 1 atom stereocenters. The second-order valence-corrected chi connectivity index (χ2v) is 4.32. The van der Waals surface area contributed by atoms with Crippen LogP contribution < -0.4 is 0 Å². The lowest BCUT2D eigenvalue weighted by atomic mass is 9.91. The van der Waals surface area contributed by atoms with Crippen molar-refractivity contribution in [3.8, 4) is 0 Å². The molecule has 2 aliphatic rings. The van der Waals surface area contributed by atoms with Gasteiger partial charge in [0.1, 0.15) is 0 Å². The average Bonchev–Trinajstić information content (AvgIpc) is 2.59. The zero-order chi connectivity index (χ0) is 9.54. The fraction of sp³-hybridized carbons (Fsp3) is 0.385. The van der Waals surface area contributed by atoms with Gasteiger partial charge in [-0.15, -0.1) is 0 Å². The molecule has 0 saturated heterocycles. The maximum Gasteiger partial charge on any atom is 0.0260 e. The van der Waals surface area contributed by atoms with Crippen molar-refractivity contribution >= 4 is 12.2 Å². The Morgan fingerprint density at radius 2 is 2.07 bits per heavy atom. The summed E-state index contributed by atoms with van der Waals surface area (Å²) in [6.07, 6.45) is 12.7. The Labute approximate surface area is 84.5 Å². The van der Waals surface area contributed by atoms with Crippen molar-refractivity contribution in [1.29, 1.82) is 0 Å². The highest BCUT2D eigenvalue weighted by Crippen LogP contribution is 2.35. The van der Waals surface area contributed by atoms with Crippen molar-refractivity contribution in [3.05, 3.63) is 34.7 Å². The molecule has 14 heavy (non-hydrogen) atoms. The molecular formula is C13H15N. The fourth-order valence-corrected chi connectivity index (χ4v) is 2.50. The van der Waals surface area contributed by atoms with E-state index in [1.54, 1.807) is 0 Å². The number of hydrogen-bond donors (Lipinski definition) is 1. The molecule has 1 aromatic heterocycles. The van der Waals surface area contributed by atoms with Gasteiger partial charge in [-0.3, -0.25) is 0 Å². The van der Waals surface area contributed by atoms with Crippen LogP contribution in [0.25, 0.3) is 12.2 Å². The Balaban J connectivity index is 2.22. The van der Waals surface area contributed by atoms with Gasteiger partial charge < -0.3 is 4.98 Å². The molecule has 1 heteroatoms. The molecule has 1 heterocycles. The summed E-state index contributed by atoms with van der Waals surface area (Å²) in [6.45, 7) is 2.30. The van der Waals surface area contributed by atoms with Gasteiger partial charge in [-0.2, -0.15) is 0 Å². The largest absolute Gasteiger partial charge is 0.361 e. The van der Waals surface area contributed by atoms with E-state index in [9.17, 15) is 0 Å². The highest BCUT2D eigenvalue weighted by Gasteiger charge is 2.20. The van der Waals surface area contributed by atoms with Gasteiger partial charge in [0.05, 0.1) is 0 Å². The zero-order valence-corrected chi connectivity index (χ0v) is 8.51. The van der Waals surface area contributed by atoms with E-state index in [0.29, 0.717) is 5.92 Å². The molecule has 72 valence electrons. The Morgan fingerprint density at radius 1 is 1.21 bits per heavy atom. The second-order valence-electron chi connectivity index (χ2n) is 4.32. The average molecular weight is 185 g/mol. The summed E-state index contributed by atoms with van der Waals surface area (Å²) in [5.41, 5.74) is 5.77. The van der Waals surface area contributed by atoms with Gasteiger partial charge in [0.25, 0.3) is 0 Å². The van der Waals surface area contributed by atoms with E-state index in [-0.39, 0.29) is 0 Å². The summed E-state index contributed by atoms with van der Waals surface area (Å²) in [5, 5.41) is 0. The van der Waals surface area contributed by atoms with Crippen molar-refractivity contribution in [2.24, 2.45) is 0 Å². The number of nitrogens with one attached hydrogen (secondary N) is 1. The molecule has 0 saturated carbocycles. The van der Waals surface area contributed by atoms with Crippen LogP contribution in [-0.4, -0.2) is 4.98 Å². The van der Waals surface area contributed by atoms with Crippen LogP contribution in [0.2, 0.25) is 0 Å². The lowest BCUT2D eigenvalue weighted by Crippen LogP contribution is -1.98. The molecule has 0 bridgehead atoms. The monoisotopic (exact) mass is 185 g/mol. The minimum Gasteiger partial charge on any atom is -0.361 e. The van der Waals surface area contributed by atoms with E-state index >= 15 is 0 Å². The molecule has 1 aromatic rings. The van der Waals surface area contributed by atoms with Crippen LogP contribution in [0, 0.1) is 0 Å². The van der Waals surface area contributed by atoms with Crippen LogP contribution in [0.3, 0.4) is 0 Å². The van der Waals surface area contributed by atoms with Crippen molar-refractivity contribution in [2.75, 3.05) is 0 Å². The summed E-state index contributed by atoms with van der Waals surface area (Å²) >= 11 is 0. The molecule has 2 aliphatic carbocycles. The van der Waals surface area contributed by atoms with Gasteiger partial charge in [-0.1, -0.05) is 31.2 Å². The molecule has 0 spiro atoms. The standard InChI is InChI=1S/C13H15N/c1-9-5-4-7-11-10-6-2-3-8-12(10)14-13(9)11/h2,4,6-7,9,14H,3,5,8H2,1H3. The topological polar surface area (TPSA) is 15.8 Å². The van der Waals surface area contributed by atoms with Crippen LogP contribution in [-0.2, 0) is 6.42 Å². The van der Waals surface area contributed by atoms with Gasteiger partial charge in [-0.05, 0) is 19.3 Å². The van der Waals surface area contributed by atoms with Gasteiger partial charge in [0, 0.05) is 28.4 Å². The first kappa shape index (κ1) is 8.10. The normalized spacial score (nSPS) is 23.4. The van der Waals surface area contributed by atoms with Crippen LogP contribution in [0.5, 0.6) is 0 Å². The van der Waals surface area contributed by atoms with Gasteiger partial charge in [0.15, 0.2) is 0 Å². The van der Waals surface area contributed by atoms with Crippen molar-refractivity contribution in [1.82, 2.24) is 4.98 Å². The van der Waals surface area contributed by atoms with Crippen LogP contribution in [0.1, 0.15) is 48.2 Å². The molecule has 0 radical (unpaired) electrons. The highest BCUT2D eigenvalue weighted by molar-refractivity contribution is 5.72. The van der Waals surface area contributed by atoms with E-state index in [1.807, 2.05) is 0 Å². The minimum absolute atomic E-state index is 0.661. The highest BCUT2D eigenvalue weighted by atomic mass is 14.8. The van der Waals surface area contributed by atoms with Crippen LogP contribution in [0.15, 0.2) is 12.2 Å². The molecule has 1 nitrogen and oxygen atoms in total. The number of fused-ring (bicyclic) bond motifs is 3. The lowest BCUT2D eigenvalue weighted by molar-refractivity contribution is 0.742. The number of allylic oxidation sites excluding steroid dienone is 2. The van der Waals surface area contributed by atoms with E-state index in [1.165, 1.54) is 41.8 Å². The predicted octanol–water partition coefficient (Wildman–Crippen LogP) is 3.49. The van der Waals surface area contributed by atoms with Crippen molar-refractivity contribution in [3.63, 3.8) is 0 Å². The first-order chi connectivity index (χ1) is 6.86. The van der Waals surface area contributed by atoms with E-state index < -0.39 is 0 Å². The quantitative estimate of drug-likeness (QED) is 0.636. The van der Waals surface area contributed by atoms with Crippen molar-refractivity contribution in [2.45, 2.75) is 32.1 Å². The van der Waals surface area contributed by atoms with Crippen molar-refractivity contribution < 1.29 is 0 Å². The molecule has 3 rings (SSSR count). The third kappa shape index (κ3) is 1.02. The number of aromatic nitrogens is 1. The first-order valence-electron chi connectivity index (χ1n) is 5.44. The molecule has 0 amide bonds. The first-order valence-corrected chi connectivity index (χ1v) is 5.44. The van der Waals surface area contributed by atoms with Crippen LogP contribution >= 0.6 is 0 Å². The molecule has 0 aromatic carbocycles. The number of aryl methyl sites for hydroxylation is 1. The predicted molar refractivity (Wildman–Crippen MR) is 60.2 cm³/mol. The summed E-state index contributed by atoms with van der Waals surface area (Å²) in [4.78, 5) is 3.60. The van der Waals surface area contributed by atoms with Gasteiger partial charge in [0.2, 0.25) is 0 Å². The van der Waals surface area contributed by atoms with E-state index in [0.717, 1.165) is 0 Å². The number of aromatic amines is 1. The van der Waals surface area contributed by atoms with Gasteiger partial charge >= 0.3 is 0 Å². The van der Waals surface area contributed by atoms with Gasteiger partial charge in [-0.25, -0.2) is 0 Å². The third-order valence-corrected chi connectivity index (χ3v) is 3.30. The zero-order valence-electron chi connectivity index (χ0n) is 8.51.